The van der Waals surface area contributed by atoms with Crippen molar-refractivity contribution in [3.63, 3.8) is 0 Å². The fourth-order valence-electron chi connectivity index (χ4n) is 5.49. The second kappa shape index (κ2) is 13.7. The molecule has 16 nitrogen and oxygen atoms in total. The van der Waals surface area contributed by atoms with Gasteiger partial charge in [0, 0.05) is 12.4 Å². The summed E-state index contributed by atoms with van der Waals surface area (Å²) in [6, 6.07) is 1.32. The van der Waals surface area contributed by atoms with Gasteiger partial charge in [0.15, 0.2) is 6.23 Å². The lowest BCUT2D eigenvalue weighted by molar-refractivity contribution is -0.117. The lowest BCUT2D eigenvalue weighted by atomic mass is 9.95. The number of anilines is 1. The molecule has 0 amide bonds. The summed E-state index contributed by atoms with van der Waals surface area (Å²) in [4.78, 5) is 50.1. The van der Waals surface area contributed by atoms with E-state index in [2.05, 4.69) is 19.9 Å². The lowest BCUT2D eigenvalue weighted by Crippen LogP contribution is -2.45. The van der Waals surface area contributed by atoms with E-state index >= 15 is 0 Å². The monoisotopic (exact) mass is 640 g/mol. The minimum absolute atomic E-state index is 0.0102. The number of H-pyrrole nitrogens is 1. The highest BCUT2D eigenvalue weighted by Gasteiger charge is 2.56. The SMILES string of the molecule is CCC(C=Nc1c(C)nc(C)[nH]c1=O)CC1CC(C)C(COP(=O)(O)OC2C(O)C(n3ccc(N)nc3=O)OC2(C)CO)O1. The summed E-state index contributed by atoms with van der Waals surface area (Å²) in [7, 11) is -4.81. The molecular formula is C27H41N6O10P. The first-order chi connectivity index (χ1) is 20.7. The minimum Gasteiger partial charge on any atom is -0.393 e. The number of phosphoric acid groups is 1. The van der Waals surface area contributed by atoms with Crippen molar-refractivity contribution in [3.8, 4) is 0 Å². The molecule has 9 unspecified atom stereocenters. The van der Waals surface area contributed by atoms with Crippen LogP contribution in [0.1, 0.15) is 57.8 Å². The number of aliphatic imine (C=N–C) groups is 1. The average Bonchev–Trinajstić information content (AvgIpc) is 3.42. The molecule has 244 valence electrons. The number of aromatic amines is 1. The summed E-state index contributed by atoms with van der Waals surface area (Å²) in [5, 5.41) is 20.9. The van der Waals surface area contributed by atoms with Crippen LogP contribution in [-0.2, 0) is 23.1 Å². The van der Waals surface area contributed by atoms with Crippen LogP contribution in [0.15, 0.2) is 26.8 Å². The first-order valence-electron chi connectivity index (χ1n) is 14.4. The van der Waals surface area contributed by atoms with Gasteiger partial charge in [-0.05, 0) is 57.9 Å². The summed E-state index contributed by atoms with van der Waals surface area (Å²) < 4.78 is 36.4. The summed E-state index contributed by atoms with van der Waals surface area (Å²) >= 11 is 0. The fraction of sp³-hybridized carbons (Fsp3) is 0.667. The number of ether oxygens (including phenoxy) is 2. The van der Waals surface area contributed by atoms with Gasteiger partial charge in [-0.15, -0.1) is 0 Å². The van der Waals surface area contributed by atoms with Crippen LogP contribution in [0.5, 0.6) is 0 Å². The van der Waals surface area contributed by atoms with Gasteiger partial charge in [-0.1, -0.05) is 13.8 Å². The standard InChI is InChI=1S/C27H41N6O10P/c1-6-17(11-29-21-15(3)30-16(4)31-24(21)36)10-18-9-14(2)19(41-18)12-40-44(38,39)43-23-22(35)25(42-27(23,5)13-34)33-8-7-20(28)32-26(33)37/h7-8,11,14,17-19,22-23,25,34-35H,6,9-10,12-13H2,1-5H3,(H,38,39)(H2,28,32,37)(H,30,31,36). The van der Waals surface area contributed by atoms with Gasteiger partial charge in [-0.2, -0.15) is 4.98 Å². The zero-order valence-electron chi connectivity index (χ0n) is 25.3. The third kappa shape index (κ3) is 7.69. The molecule has 2 aromatic heterocycles. The van der Waals surface area contributed by atoms with Crippen molar-refractivity contribution in [3.05, 3.63) is 44.6 Å². The van der Waals surface area contributed by atoms with Crippen molar-refractivity contribution >= 4 is 25.5 Å². The van der Waals surface area contributed by atoms with Crippen LogP contribution in [0.4, 0.5) is 11.5 Å². The molecule has 2 aliphatic heterocycles. The molecule has 0 radical (unpaired) electrons. The molecule has 0 aromatic carbocycles. The molecule has 0 saturated carbocycles. The molecule has 2 aliphatic rings. The van der Waals surface area contributed by atoms with Gasteiger partial charge >= 0.3 is 13.5 Å². The topological polar surface area (TPSA) is 234 Å². The Morgan fingerprint density at radius 3 is 2.73 bits per heavy atom. The molecule has 6 N–H and O–H groups in total. The number of aliphatic hydroxyl groups is 2. The maximum absolute atomic E-state index is 13.0. The molecule has 0 spiro atoms. The smallest absolute Gasteiger partial charge is 0.393 e. The van der Waals surface area contributed by atoms with Crippen molar-refractivity contribution in [2.45, 2.75) is 90.1 Å². The Labute approximate surface area is 253 Å². The number of aryl methyl sites for hydroxylation is 2. The van der Waals surface area contributed by atoms with E-state index < -0.39 is 50.3 Å². The maximum Gasteiger partial charge on any atom is 0.472 e. The highest BCUT2D eigenvalue weighted by Crippen LogP contribution is 2.51. The van der Waals surface area contributed by atoms with Gasteiger partial charge < -0.3 is 35.3 Å². The van der Waals surface area contributed by atoms with Gasteiger partial charge in [0.05, 0.1) is 31.1 Å². The van der Waals surface area contributed by atoms with Crippen LogP contribution >= 0.6 is 7.82 Å². The van der Waals surface area contributed by atoms with Crippen molar-refractivity contribution in [2.24, 2.45) is 16.8 Å². The third-order valence-corrected chi connectivity index (χ3v) is 8.98. The molecule has 44 heavy (non-hydrogen) atoms. The molecule has 4 heterocycles. The largest absolute Gasteiger partial charge is 0.472 e. The molecule has 2 saturated heterocycles. The molecular weight excluding hydrogens is 599 g/mol. The molecule has 2 fully saturated rings. The fourth-order valence-corrected chi connectivity index (χ4v) is 6.52. The first-order valence-corrected chi connectivity index (χ1v) is 15.9. The highest BCUT2D eigenvalue weighted by molar-refractivity contribution is 7.47. The lowest BCUT2D eigenvalue weighted by Gasteiger charge is -2.29. The number of nitrogens with two attached hydrogens (primary N) is 1. The predicted molar refractivity (Wildman–Crippen MR) is 159 cm³/mol. The van der Waals surface area contributed by atoms with E-state index in [1.54, 1.807) is 20.1 Å². The Kier molecular flexibility index (Phi) is 10.6. The highest BCUT2D eigenvalue weighted by atomic mass is 31.2. The summed E-state index contributed by atoms with van der Waals surface area (Å²) in [6.45, 7) is 7.76. The van der Waals surface area contributed by atoms with Crippen LogP contribution < -0.4 is 17.0 Å². The number of aliphatic hydroxyl groups excluding tert-OH is 2. The molecule has 2 aromatic rings. The van der Waals surface area contributed by atoms with Crippen LogP contribution in [-0.4, -0.2) is 84.1 Å². The normalized spacial score (nSPS) is 31.0. The second-order valence-corrected chi connectivity index (χ2v) is 13.0. The number of nitrogen functional groups attached to an aromatic ring is 1. The van der Waals surface area contributed by atoms with Gasteiger partial charge in [0.25, 0.3) is 5.56 Å². The Morgan fingerprint density at radius 1 is 1.36 bits per heavy atom. The van der Waals surface area contributed by atoms with Crippen LogP contribution in [0, 0.1) is 25.7 Å². The quantitative estimate of drug-likeness (QED) is 0.163. The number of rotatable bonds is 12. The zero-order valence-corrected chi connectivity index (χ0v) is 26.2. The van der Waals surface area contributed by atoms with Gasteiger partial charge in [-0.25, -0.2) is 14.3 Å². The number of nitrogens with zero attached hydrogens (tertiary/aromatic N) is 4. The van der Waals surface area contributed by atoms with Gasteiger partial charge in [-0.3, -0.25) is 23.4 Å². The minimum atomic E-state index is -4.81. The Balaban J connectivity index is 1.36. The number of nitrogens with one attached hydrogen (secondary N) is 1. The maximum atomic E-state index is 13.0. The number of hydrogen-bond donors (Lipinski definition) is 5. The Bertz CT molecular complexity index is 1520. The molecule has 0 aliphatic carbocycles. The average molecular weight is 641 g/mol. The van der Waals surface area contributed by atoms with E-state index in [4.69, 9.17) is 24.3 Å². The van der Waals surface area contributed by atoms with Crippen molar-refractivity contribution < 1.29 is 38.2 Å². The van der Waals surface area contributed by atoms with Crippen molar-refractivity contribution in [1.82, 2.24) is 19.5 Å². The Hall–Kier alpha value is -2.82. The van der Waals surface area contributed by atoms with Crippen LogP contribution in [0.3, 0.4) is 0 Å². The van der Waals surface area contributed by atoms with E-state index in [0.29, 0.717) is 24.4 Å². The summed E-state index contributed by atoms with van der Waals surface area (Å²) in [6.07, 6.45) is -0.248. The number of hydrogen-bond acceptors (Lipinski definition) is 13. The molecule has 17 heteroatoms. The van der Waals surface area contributed by atoms with Gasteiger partial charge in [0.2, 0.25) is 0 Å². The summed E-state index contributed by atoms with van der Waals surface area (Å²) in [5.41, 5.74) is 3.54. The first kappa shape index (κ1) is 34.1. The number of aromatic nitrogens is 4. The second-order valence-electron chi connectivity index (χ2n) is 11.6. The van der Waals surface area contributed by atoms with Gasteiger partial charge in [0.1, 0.15) is 35.1 Å². The van der Waals surface area contributed by atoms with Crippen LogP contribution in [0.25, 0.3) is 0 Å². The van der Waals surface area contributed by atoms with E-state index in [1.807, 2.05) is 13.8 Å². The van der Waals surface area contributed by atoms with Crippen molar-refractivity contribution in [2.75, 3.05) is 18.9 Å². The van der Waals surface area contributed by atoms with E-state index in [-0.39, 0.29) is 41.6 Å². The van der Waals surface area contributed by atoms with Crippen molar-refractivity contribution in [1.29, 1.82) is 0 Å². The predicted octanol–water partition coefficient (Wildman–Crippen LogP) is 1.28. The van der Waals surface area contributed by atoms with E-state index in [9.17, 15) is 29.3 Å². The molecule has 4 rings (SSSR count). The third-order valence-electron chi connectivity index (χ3n) is 8.01. The Morgan fingerprint density at radius 2 is 2.09 bits per heavy atom. The van der Waals surface area contributed by atoms with Crippen LogP contribution in [0.2, 0.25) is 0 Å². The zero-order chi connectivity index (χ0) is 32.4. The number of phosphoric ester groups is 1. The molecule has 0 bridgehead atoms. The summed E-state index contributed by atoms with van der Waals surface area (Å²) in [5.74, 6) is 0.471. The van der Waals surface area contributed by atoms with E-state index in [0.717, 1.165) is 11.0 Å². The van der Waals surface area contributed by atoms with E-state index in [1.165, 1.54) is 19.2 Å². The molecule has 9 atom stereocenters.